The first-order valence-corrected chi connectivity index (χ1v) is 9.84. The third-order valence-electron chi connectivity index (χ3n) is 5.06. The van der Waals surface area contributed by atoms with Crippen LogP contribution in [0.5, 0.6) is 0 Å². The molecule has 0 saturated carbocycles. The number of nitrogens with zero attached hydrogens (tertiary/aromatic N) is 3. The highest BCUT2D eigenvalue weighted by atomic mass is 35.5. The number of imidazole rings is 1. The van der Waals surface area contributed by atoms with Gasteiger partial charge in [0.1, 0.15) is 6.61 Å². The molecule has 2 heterocycles. The van der Waals surface area contributed by atoms with Crippen molar-refractivity contribution in [1.29, 1.82) is 0 Å². The van der Waals surface area contributed by atoms with Gasteiger partial charge in [-0.25, -0.2) is 9.78 Å². The van der Waals surface area contributed by atoms with Crippen LogP contribution in [-0.2, 0) is 14.3 Å². The number of hydrogen-bond acceptors (Lipinski definition) is 7. The number of carbonyl (C=O) groups is 1. The summed E-state index contributed by atoms with van der Waals surface area (Å²) in [6.45, 7) is 2.04. The summed E-state index contributed by atoms with van der Waals surface area (Å²) in [5, 5.41) is 14.9. The minimum atomic E-state index is -0.772. The minimum absolute atomic E-state index is 0.0685. The summed E-state index contributed by atoms with van der Waals surface area (Å²) in [6.07, 6.45) is 0. The number of nitro benzene ring substituents is 1. The molecule has 4 rings (SSSR count). The SMILES string of the molecule is COCCOC(=O)C1=C(C)Nc2nc3ccccc3n2C1c1cc([N+](=O)[O-])ccc1Cl. The first-order chi connectivity index (χ1) is 14.9. The fourth-order valence-corrected chi connectivity index (χ4v) is 3.89. The summed E-state index contributed by atoms with van der Waals surface area (Å²) in [6, 6.07) is 10.8. The molecule has 1 atom stereocenters. The number of methoxy groups -OCH3 is 1. The molecule has 0 radical (unpaired) electrons. The highest BCUT2D eigenvalue weighted by molar-refractivity contribution is 6.31. The Balaban J connectivity index is 1.94. The number of hydrogen-bond donors (Lipinski definition) is 1. The molecule has 31 heavy (non-hydrogen) atoms. The molecule has 0 spiro atoms. The van der Waals surface area contributed by atoms with Gasteiger partial charge in [0.05, 0.1) is 34.2 Å². The summed E-state index contributed by atoms with van der Waals surface area (Å²) < 4.78 is 12.2. The highest BCUT2D eigenvalue weighted by Gasteiger charge is 2.36. The Morgan fingerprint density at radius 3 is 2.81 bits per heavy atom. The van der Waals surface area contributed by atoms with E-state index in [1.807, 2.05) is 24.3 Å². The van der Waals surface area contributed by atoms with Crippen molar-refractivity contribution in [2.24, 2.45) is 0 Å². The van der Waals surface area contributed by atoms with Gasteiger partial charge in [-0.1, -0.05) is 23.7 Å². The zero-order chi connectivity index (χ0) is 22.1. The quantitative estimate of drug-likeness (QED) is 0.265. The van der Waals surface area contributed by atoms with E-state index in [4.69, 9.17) is 21.1 Å². The number of carbonyl (C=O) groups excluding carboxylic acids is 1. The van der Waals surface area contributed by atoms with Crippen LogP contribution in [0.25, 0.3) is 11.0 Å². The maximum Gasteiger partial charge on any atom is 0.338 e. The molecule has 3 aromatic rings. The largest absolute Gasteiger partial charge is 0.460 e. The van der Waals surface area contributed by atoms with E-state index in [-0.39, 0.29) is 29.5 Å². The Kier molecular flexibility index (Phi) is 5.62. The van der Waals surface area contributed by atoms with Crippen LogP contribution in [0.15, 0.2) is 53.7 Å². The maximum atomic E-state index is 13.1. The first-order valence-electron chi connectivity index (χ1n) is 9.47. The number of nitrogens with one attached hydrogen (secondary N) is 1. The molecule has 9 nitrogen and oxygen atoms in total. The van der Waals surface area contributed by atoms with Gasteiger partial charge in [0.25, 0.3) is 5.69 Å². The van der Waals surface area contributed by atoms with Crippen molar-refractivity contribution in [3.63, 3.8) is 0 Å². The van der Waals surface area contributed by atoms with Crippen LogP contribution in [0, 0.1) is 10.1 Å². The summed E-state index contributed by atoms with van der Waals surface area (Å²) in [4.78, 5) is 28.6. The van der Waals surface area contributed by atoms with Crippen LogP contribution in [0.1, 0.15) is 18.5 Å². The second-order valence-electron chi connectivity index (χ2n) is 6.95. The van der Waals surface area contributed by atoms with E-state index in [9.17, 15) is 14.9 Å². The molecule has 0 saturated heterocycles. The summed E-state index contributed by atoms with van der Waals surface area (Å²) >= 11 is 6.49. The van der Waals surface area contributed by atoms with Gasteiger partial charge >= 0.3 is 5.97 Å². The minimum Gasteiger partial charge on any atom is -0.460 e. The van der Waals surface area contributed by atoms with E-state index in [2.05, 4.69) is 10.3 Å². The number of non-ortho nitro benzene ring substituents is 1. The molecule has 1 aliphatic heterocycles. The van der Waals surface area contributed by atoms with Crippen LogP contribution in [0.3, 0.4) is 0 Å². The lowest BCUT2D eigenvalue weighted by molar-refractivity contribution is -0.384. The van der Waals surface area contributed by atoms with Crippen molar-refractivity contribution < 1.29 is 19.2 Å². The van der Waals surface area contributed by atoms with E-state index in [1.54, 1.807) is 11.5 Å². The number of halogens is 1. The Morgan fingerprint density at radius 1 is 1.29 bits per heavy atom. The van der Waals surface area contributed by atoms with Crippen molar-refractivity contribution in [3.05, 3.63) is 74.4 Å². The normalized spacial score (nSPS) is 15.5. The molecule has 1 unspecified atom stereocenters. The van der Waals surface area contributed by atoms with Gasteiger partial charge in [0.15, 0.2) is 0 Å². The van der Waals surface area contributed by atoms with Gasteiger partial charge in [-0.15, -0.1) is 0 Å². The zero-order valence-electron chi connectivity index (χ0n) is 16.8. The lowest BCUT2D eigenvalue weighted by atomic mass is 9.94. The molecule has 1 N–H and O–H groups in total. The Morgan fingerprint density at radius 2 is 2.06 bits per heavy atom. The highest BCUT2D eigenvalue weighted by Crippen LogP contribution is 2.42. The molecular formula is C21H19ClN4O5. The molecule has 0 bridgehead atoms. The van der Waals surface area contributed by atoms with Gasteiger partial charge < -0.3 is 14.8 Å². The van der Waals surface area contributed by atoms with Crippen LogP contribution >= 0.6 is 11.6 Å². The number of anilines is 1. The average Bonchev–Trinajstić information content (AvgIpc) is 3.11. The number of ether oxygens (including phenoxy) is 2. The number of rotatable bonds is 6. The smallest absolute Gasteiger partial charge is 0.338 e. The van der Waals surface area contributed by atoms with Crippen molar-refractivity contribution >= 4 is 40.2 Å². The second-order valence-corrected chi connectivity index (χ2v) is 7.36. The summed E-state index contributed by atoms with van der Waals surface area (Å²) in [5.74, 6) is -0.0715. The average molecular weight is 443 g/mol. The maximum absolute atomic E-state index is 13.1. The molecule has 0 aliphatic carbocycles. The predicted octanol–water partition coefficient (Wildman–Crippen LogP) is 4.08. The Labute approximate surface area is 182 Å². The monoisotopic (exact) mass is 442 g/mol. The molecule has 160 valence electrons. The fraction of sp³-hybridized carbons (Fsp3) is 0.238. The Bertz CT molecular complexity index is 1220. The number of aromatic nitrogens is 2. The summed E-state index contributed by atoms with van der Waals surface area (Å²) in [7, 11) is 1.51. The molecule has 10 heteroatoms. The molecule has 0 amide bonds. The third-order valence-corrected chi connectivity index (χ3v) is 5.40. The number of esters is 1. The van der Waals surface area contributed by atoms with E-state index < -0.39 is 16.9 Å². The third kappa shape index (κ3) is 3.73. The number of para-hydroxylation sites is 2. The zero-order valence-corrected chi connectivity index (χ0v) is 17.5. The standard InChI is InChI=1S/C21H19ClN4O5/c1-12-18(20(27)31-10-9-30-2)19(14-11-13(26(28)29)7-8-15(14)22)25-17-6-4-3-5-16(17)24-21(25)23-12/h3-8,11,19H,9-10H2,1-2H3,(H,23,24). The number of benzene rings is 2. The first kappa shape index (κ1) is 20.8. The van der Waals surface area contributed by atoms with Gasteiger partial charge in [0, 0.05) is 35.5 Å². The van der Waals surface area contributed by atoms with E-state index in [1.165, 1.54) is 25.3 Å². The molecular weight excluding hydrogens is 424 g/mol. The molecule has 2 aromatic carbocycles. The van der Waals surface area contributed by atoms with Crippen LogP contribution in [0.2, 0.25) is 5.02 Å². The van der Waals surface area contributed by atoms with Crippen molar-refractivity contribution in [2.75, 3.05) is 25.6 Å². The number of allylic oxidation sites excluding steroid dienone is 1. The molecule has 1 aliphatic rings. The van der Waals surface area contributed by atoms with Crippen molar-refractivity contribution in [1.82, 2.24) is 9.55 Å². The van der Waals surface area contributed by atoms with Crippen molar-refractivity contribution in [2.45, 2.75) is 13.0 Å². The van der Waals surface area contributed by atoms with Crippen LogP contribution < -0.4 is 5.32 Å². The van der Waals surface area contributed by atoms with E-state index >= 15 is 0 Å². The van der Waals surface area contributed by atoms with Gasteiger partial charge in [-0.05, 0) is 25.1 Å². The van der Waals surface area contributed by atoms with Gasteiger partial charge in [-0.3, -0.25) is 14.7 Å². The molecule has 1 aromatic heterocycles. The summed E-state index contributed by atoms with van der Waals surface area (Å²) in [5.41, 5.74) is 2.53. The topological polar surface area (TPSA) is 109 Å². The second kappa shape index (κ2) is 8.37. The molecule has 0 fully saturated rings. The van der Waals surface area contributed by atoms with Gasteiger partial charge in [0.2, 0.25) is 5.95 Å². The van der Waals surface area contributed by atoms with Crippen LogP contribution in [0.4, 0.5) is 11.6 Å². The van der Waals surface area contributed by atoms with Gasteiger partial charge in [-0.2, -0.15) is 0 Å². The van der Waals surface area contributed by atoms with Crippen LogP contribution in [-0.4, -0.2) is 40.8 Å². The van der Waals surface area contributed by atoms with E-state index in [0.29, 0.717) is 22.7 Å². The van der Waals surface area contributed by atoms with E-state index in [0.717, 1.165) is 5.52 Å². The lowest BCUT2D eigenvalue weighted by Gasteiger charge is -2.30. The number of nitro groups is 1. The lowest BCUT2D eigenvalue weighted by Crippen LogP contribution is -2.29. The predicted molar refractivity (Wildman–Crippen MR) is 115 cm³/mol. The number of fused-ring (bicyclic) bond motifs is 3. The van der Waals surface area contributed by atoms with Crippen molar-refractivity contribution in [3.8, 4) is 0 Å². The fourth-order valence-electron chi connectivity index (χ4n) is 3.67. The Hall–Kier alpha value is -3.43.